The number of nitrogens with two attached hydrogens (primary N) is 1. The van der Waals surface area contributed by atoms with E-state index < -0.39 is 0 Å². The molecule has 0 unspecified atom stereocenters. The highest BCUT2D eigenvalue weighted by Crippen LogP contribution is 2.17. The van der Waals surface area contributed by atoms with E-state index in [1.165, 1.54) is 43.2 Å². The van der Waals surface area contributed by atoms with Crippen molar-refractivity contribution >= 4 is 0 Å². The minimum atomic E-state index is 0.536. The monoisotopic (exact) mass is 253 g/mol. The molecule has 0 aromatic heterocycles. The average molecular weight is 253 g/mol. The van der Waals surface area contributed by atoms with E-state index in [1.807, 2.05) is 12.1 Å². The molecule has 0 atom stereocenters. The van der Waals surface area contributed by atoms with Crippen molar-refractivity contribution < 1.29 is 0 Å². The van der Waals surface area contributed by atoms with Gasteiger partial charge in [0.25, 0.3) is 0 Å². The van der Waals surface area contributed by atoms with Crippen LogP contribution in [-0.4, -0.2) is 6.04 Å². The van der Waals surface area contributed by atoms with Crippen molar-refractivity contribution in [3.05, 3.63) is 60.7 Å². The average Bonchev–Trinajstić information content (AvgIpc) is 2.51. The Kier molecular flexibility index (Phi) is 5.64. The Labute approximate surface area is 116 Å². The second kappa shape index (κ2) is 7.75. The summed E-state index contributed by atoms with van der Waals surface area (Å²) in [7, 11) is 0. The first-order valence-corrected chi connectivity index (χ1v) is 7.22. The molecule has 0 spiro atoms. The van der Waals surface area contributed by atoms with Crippen LogP contribution in [0, 0.1) is 0 Å². The van der Waals surface area contributed by atoms with Crippen LogP contribution in [0.1, 0.15) is 32.1 Å². The molecule has 1 aliphatic carbocycles. The van der Waals surface area contributed by atoms with Gasteiger partial charge in [-0.15, -0.1) is 0 Å². The predicted octanol–water partition coefficient (Wildman–Crippen LogP) is 4.63. The van der Waals surface area contributed by atoms with Gasteiger partial charge in [0, 0.05) is 6.04 Å². The number of benzene rings is 2. The molecule has 0 saturated heterocycles. The number of hydrogen-bond donors (Lipinski definition) is 1. The fourth-order valence-corrected chi connectivity index (χ4v) is 2.40. The quantitative estimate of drug-likeness (QED) is 0.787. The van der Waals surface area contributed by atoms with Crippen LogP contribution in [0.3, 0.4) is 0 Å². The van der Waals surface area contributed by atoms with Crippen molar-refractivity contribution in [3.8, 4) is 11.1 Å². The van der Waals surface area contributed by atoms with Gasteiger partial charge < -0.3 is 5.73 Å². The zero-order valence-electron chi connectivity index (χ0n) is 11.5. The first-order chi connectivity index (χ1) is 9.36. The largest absolute Gasteiger partial charge is 0.328 e. The summed E-state index contributed by atoms with van der Waals surface area (Å²) in [6, 6.07) is 21.3. The SMILES string of the molecule is NC1CCCCC1.c1ccc(-c2ccccc2)cc1. The third-order valence-electron chi connectivity index (χ3n) is 3.53. The topological polar surface area (TPSA) is 26.0 Å². The smallest absolute Gasteiger partial charge is 0.00388 e. The van der Waals surface area contributed by atoms with Crippen LogP contribution in [0.5, 0.6) is 0 Å². The van der Waals surface area contributed by atoms with Crippen LogP contribution in [-0.2, 0) is 0 Å². The maximum Gasteiger partial charge on any atom is 0.00388 e. The number of rotatable bonds is 1. The molecular weight excluding hydrogens is 230 g/mol. The predicted molar refractivity (Wildman–Crippen MR) is 82.9 cm³/mol. The van der Waals surface area contributed by atoms with Crippen molar-refractivity contribution in [2.24, 2.45) is 5.73 Å². The Balaban J connectivity index is 0.000000163. The normalized spacial score (nSPS) is 15.4. The van der Waals surface area contributed by atoms with Crippen LogP contribution in [0.2, 0.25) is 0 Å². The first kappa shape index (κ1) is 13.8. The molecule has 0 aliphatic heterocycles. The Morgan fingerprint density at radius 3 is 1.37 bits per heavy atom. The number of hydrogen-bond acceptors (Lipinski definition) is 1. The Hall–Kier alpha value is -1.60. The maximum absolute atomic E-state index is 5.63. The van der Waals surface area contributed by atoms with Crippen molar-refractivity contribution in [2.75, 3.05) is 0 Å². The molecule has 19 heavy (non-hydrogen) atoms. The Morgan fingerprint density at radius 2 is 1.05 bits per heavy atom. The van der Waals surface area contributed by atoms with Gasteiger partial charge in [0.1, 0.15) is 0 Å². The molecule has 1 aliphatic rings. The molecule has 2 N–H and O–H groups in total. The summed E-state index contributed by atoms with van der Waals surface area (Å²) in [6.07, 6.45) is 6.66. The third-order valence-corrected chi connectivity index (χ3v) is 3.53. The minimum absolute atomic E-state index is 0.536. The highest BCUT2D eigenvalue weighted by atomic mass is 14.6. The van der Waals surface area contributed by atoms with Gasteiger partial charge in [-0.05, 0) is 24.0 Å². The van der Waals surface area contributed by atoms with E-state index in [4.69, 9.17) is 5.73 Å². The lowest BCUT2D eigenvalue weighted by Gasteiger charge is -2.15. The highest BCUT2D eigenvalue weighted by Gasteiger charge is 2.06. The summed E-state index contributed by atoms with van der Waals surface area (Å²) in [6.45, 7) is 0. The van der Waals surface area contributed by atoms with E-state index in [0.717, 1.165) is 0 Å². The second-order valence-corrected chi connectivity index (χ2v) is 5.13. The molecule has 1 heteroatoms. The summed E-state index contributed by atoms with van der Waals surface area (Å²) >= 11 is 0. The van der Waals surface area contributed by atoms with Gasteiger partial charge in [-0.25, -0.2) is 0 Å². The van der Waals surface area contributed by atoms with Gasteiger partial charge in [-0.3, -0.25) is 0 Å². The summed E-state index contributed by atoms with van der Waals surface area (Å²) < 4.78 is 0. The lowest BCUT2D eigenvalue weighted by molar-refractivity contribution is 0.441. The lowest BCUT2D eigenvalue weighted by atomic mass is 9.97. The van der Waals surface area contributed by atoms with E-state index in [2.05, 4.69) is 48.5 Å². The molecule has 2 aromatic carbocycles. The zero-order valence-corrected chi connectivity index (χ0v) is 11.5. The van der Waals surface area contributed by atoms with Gasteiger partial charge in [0.05, 0.1) is 0 Å². The molecule has 3 rings (SSSR count). The molecule has 1 fully saturated rings. The molecule has 0 amide bonds. The summed E-state index contributed by atoms with van der Waals surface area (Å²) in [5.41, 5.74) is 8.19. The first-order valence-electron chi connectivity index (χ1n) is 7.22. The van der Waals surface area contributed by atoms with Crippen molar-refractivity contribution in [3.63, 3.8) is 0 Å². The van der Waals surface area contributed by atoms with E-state index >= 15 is 0 Å². The molecule has 0 radical (unpaired) electrons. The molecular formula is C18H23N. The Morgan fingerprint density at radius 1 is 0.632 bits per heavy atom. The summed E-state index contributed by atoms with van der Waals surface area (Å²) in [4.78, 5) is 0. The second-order valence-electron chi connectivity index (χ2n) is 5.13. The zero-order chi connectivity index (χ0) is 13.3. The van der Waals surface area contributed by atoms with E-state index in [1.54, 1.807) is 0 Å². The standard InChI is InChI=1S/C12H10.C6H13N/c1-3-7-11(8-4-1)12-9-5-2-6-10-12;7-6-4-2-1-3-5-6/h1-10H;6H,1-5,7H2. The van der Waals surface area contributed by atoms with Gasteiger partial charge >= 0.3 is 0 Å². The van der Waals surface area contributed by atoms with Gasteiger partial charge in [-0.2, -0.15) is 0 Å². The molecule has 0 heterocycles. The van der Waals surface area contributed by atoms with Gasteiger partial charge in [-0.1, -0.05) is 79.9 Å². The van der Waals surface area contributed by atoms with Gasteiger partial charge in [0.2, 0.25) is 0 Å². The van der Waals surface area contributed by atoms with Crippen LogP contribution < -0.4 is 5.73 Å². The van der Waals surface area contributed by atoms with Crippen molar-refractivity contribution in [2.45, 2.75) is 38.1 Å². The maximum atomic E-state index is 5.63. The van der Waals surface area contributed by atoms with Crippen molar-refractivity contribution in [1.82, 2.24) is 0 Å². The fraction of sp³-hybridized carbons (Fsp3) is 0.333. The van der Waals surface area contributed by atoms with Gasteiger partial charge in [0.15, 0.2) is 0 Å². The van der Waals surface area contributed by atoms with Crippen LogP contribution in [0.15, 0.2) is 60.7 Å². The molecule has 2 aromatic rings. The fourth-order valence-electron chi connectivity index (χ4n) is 2.40. The van der Waals surface area contributed by atoms with Crippen LogP contribution >= 0.6 is 0 Å². The highest BCUT2D eigenvalue weighted by molar-refractivity contribution is 5.62. The van der Waals surface area contributed by atoms with Crippen LogP contribution in [0.25, 0.3) is 11.1 Å². The summed E-state index contributed by atoms with van der Waals surface area (Å²) in [5.74, 6) is 0. The lowest BCUT2D eigenvalue weighted by Crippen LogP contribution is -2.22. The Bertz CT molecular complexity index is 406. The minimum Gasteiger partial charge on any atom is -0.328 e. The van der Waals surface area contributed by atoms with E-state index in [-0.39, 0.29) is 0 Å². The molecule has 100 valence electrons. The third kappa shape index (κ3) is 4.88. The van der Waals surface area contributed by atoms with E-state index in [0.29, 0.717) is 6.04 Å². The van der Waals surface area contributed by atoms with E-state index in [9.17, 15) is 0 Å². The molecule has 1 saturated carbocycles. The molecule has 1 nitrogen and oxygen atoms in total. The summed E-state index contributed by atoms with van der Waals surface area (Å²) in [5, 5.41) is 0. The van der Waals surface area contributed by atoms with Crippen LogP contribution in [0.4, 0.5) is 0 Å². The molecule has 0 bridgehead atoms. The van der Waals surface area contributed by atoms with Crippen molar-refractivity contribution in [1.29, 1.82) is 0 Å².